The standard InChI is InChI=1S/C17H18N2O3/c1-12(19-21-3)11-14-7-6-8-15(17(14)22-13(2)20)16-9-4-5-10-18-16/h4-10H,11H2,1-3H3/b19-12-. The number of aromatic nitrogens is 1. The first kappa shape index (κ1) is 15.7. The van der Waals surface area contributed by atoms with Gasteiger partial charge in [0.05, 0.1) is 11.4 Å². The summed E-state index contributed by atoms with van der Waals surface area (Å²) in [5.41, 5.74) is 3.17. The zero-order chi connectivity index (χ0) is 15.9. The molecular weight excluding hydrogens is 280 g/mol. The third-order valence-electron chi connectivity index (χ3n) is 2.98. The van der Waals surface area contributed by atoms with E-state index in [0.29, 0.717) is 12.2 Å². The first-order valence-electron chi connectivity index (χ1n) is 6.90. The van der Waals surface area contributed by atoms with Crippen LogP contribution in [-0.4, -0.2) is 23.8 Å². The number of carbonyl (C=O) groups excluding carboxylic acids is 1. The lowest BCUT2D eigenvalue weighted by Crippen LogP contribution is -2.08. The Kier molecular flexibility index (Phi) is 5.25. The van der Waals surface area contributed by atoms with Crippen molar-refractivity contribution in [1.29, 1.82) is 0 Å². The van der Waals surface area contributed by atoms with E-state index >= 15 is 0 Å². The largest absolute Gasteiger partial charge is 0.426 e. The molecule has 0 N–H and O–H groups in total. The second kappa shape index (κ2) is 7.36. The van der Waals surface area contributed by atoms with Crippen LogP contribution in [-0.2, 0) is 16.1 Å². The van der Waals surface area contributed by atoms with Crippen molar-refractivity contribution in [2.75, 3.05) is 7.11 Å². The van der Waals surface area contributed by atoms with E-state index in [2.05, 4.69) is 10.1 Å². The highest BCUT2D eigenvalue weighted by atomic mass is 16.6. The van der Waals surface area contributed by atoms with Crippen molar-refractivity contribution in [3.05, 3.63) is 48.2 Å². The highest BCUT2D eigenvalue weighted by molar-refractivity contribution is 5.86. The van der Waals surface area contributed by atoms with E-state index in [4.69, 9.17) is 9.57 Å². The minimum absolute atomic E-state index is 0.369. The van der Waals surface area contributed by atoms with Gasteiger partial charge in [0.1, 0.15) is 12.9 Å². The maximum atomic E-state index is 11.5. The molecular formula is C17H18N2O3. The van der Waals surface area contributed by atoms with Gasteiger partial charge in [-0.3, -0.25) is 9.78 Å². The molecule has 2 aromatic rings. The molecule has 5 nitrogen and oxygen atoms in total. The zero-order valence-electron chi connectivity index (χ0n) is 12.9. The van der Waals surface area contributed by atoms with Crippen LogP contribution in [0.4, 0.5) is 0 Å². The number of para-hydroxylation sites is 1. The van der Waals surface area contributed by atoms with Crippen molar-refractivity contribution in [1.82, 2.24) is 4.98 Å². The Balaban J connectivity index is 2.50. The van der Waals surface area contributed by atoms with E-state index < -0.39 is 0 Å². The summed E-state index contributed by atoms with van der Waals surface area (Å²) in [4.78, 5) is 20.6. The smallest absolute Gasteiger partial charge is 0.308 e. The molecule has 0 unspecified atom stereocenters. The average molecular weight is 298 g/mol. The Morgan fingerprint density at radius 2 is 2.00 bits per heavy atom. The van der Waals surface area contributed by atoms with Gasteiger partial charge >= 0.3 is 5.97 Å². The molecule has 114 valence electrons. The molecule has 2 rings (SSSR count). The van der Waals surface area contributed by atoms with Crippen LogP contribution >= 0.6 is 0 Å². The predicted octanol–water partition coefficient (Wildman–Crippen LogP) is 3.24. The first-order valence-corrected chi connectivity index (χ1v) is 6.90. The Labute approximate surface area is 129 Å². The molecule has 0 aliphatic carbocycles. The Morgan fingerprint density at radius 3 is 2.64 bits per heavy atom. The van der Waals surface area contributed by atoms with Crippen molar-refractivity contribution >= 4 is 11.7 Å². The van der Waals surface area contributed by atoms with Crippen LogP contribution in [0.5, 0.6) is 5.75 Å². The quantitative estimate of drug-likeness (QED) is 0.368. The van der Waals surface area contributed by atoms with Crippen molar-refractivity contribution in [3.8, 4) is 17.0 Å². The van der Waals surface area contributed by atoms with Gasteiger partial charge in [0.2, 0.25) is 0 Å². The van der Waals surface area contributed by atoms with Gasteiger partial charge in [0, 0.05) is 30.7 Å². The number of hydrogen-bond donors (Lipinski definition) is 0. The summed E-state index contributed by atoms with van der Waals surface area (Å²) in [6.07, 6.45) is 2.23. The Hall–Kier alpha value is -2.69. The third-order valence-corrected chi connectivity index (χ3v) is 2.98. The average Bonchev–Trinajstić information content (AvgIpc) is 2.49. The number of pyridine rings is 1. The Bertz CT molecular complexity index is 682. The van der Waals surface area contributed by atoms with Gasteiger partial charge in [0.25, 0.3) is 0 Å². The predicted molar refractivity (Wildman–Crippen MR) is 84.8 cm³/mol. The third kappa shape index (κ3) is 3.91. The second-order valence-corrected chi connectivity index (χ2v) is 4.79. The molecule has 5 heteroatoms. The van der Waals surface area contributed by atoms with Crippen molar-refractivity contribution in [2.24, 2.45) is 5.16 Å². The molecule has 0 atom stereocenters. The molecule has 0 fully saturated rings. The van der Waals surface area contributed by atoms with E-state index in [1.165, 1.54) is 14.0 Å². The summed E-state index contributed by atoms with van der Waals surface area (Å²) in [5.74, 6) is 0.144. The maximum Gasteiger partial charge on any atom is 0.308 e. The molecule has 22 heavy (non-hydrogen) atoms. The summed E-state index contributed by atoms with van der Waals surface area (Å²) in [5, 5.41) is 3.90. The molecule has 0 aliphatic heterocycles. The topological polar surface area (TPSA) is 60.8 Å². The van der Waals surface area contributed by atoms with E-state index in [1.54, 1.807) is 6.20 Å². The van der Waals surface area contributed by atoms with Crippen LogP contribution in [0.1, 0.15) is 19.4 Å². The van der Waals surface area contributed by atoms with Crippen LogP contribution < -0.4 is 4.74 Å². The van der Waals surface area contributed by atoms with Gasteiger partial charge in [-0.25, -0.2) is 0 Å². The number of carbonyl (C=O) groups is 1. The normalized spacial score (nSPS) is 11.1. The lowest BCUT2D eigenvalue weighted by atomic mass is 10.0. The molecule has 0 saturated carbocycles. The van der Waals surface area contributed by atoms with Crippen LogP contribution in [0, 0.1) is 0 Å². The summed E-state index contributed by atoms with van der Waals surface area (Å²) in [6.45, 7) is 3.24. The highest BCUT2D eigenvalue weighted by Gasteiger charge is 2.15. The summed E-state index contributed by atoms with van der Waals surface area (Å²) < 4.78 is 5.44. The fourth-order valence-corrected chi connectivity index (χ4v) is 2.18. The summed E-state index contributed by atoms with van der Waals surface area (Å²) in [7, 11) is 1.50. The number of rotatable bonds is 5. The molecule has 1 heterocycles. The highest BCUT2D eigenvalue weighted by Crippen LogP contribution is 2.32. The second-order valence-electron chi connectivity index (χ2n) is 4.79. The molecule has 0 aliphatic rings. The minimum atomic E-state index is -0.369. The number of esters is 1. The molecule has 1 aromatic heterocycles. The van der Waals surface area contributed by atoms with Gasteiger partial charge in [-0.05, 0) is 25.1 Å². The van der Waals surface area contributed by atoms with Crippen molar-refractivity contribution in [3.63, 3.8) is 0 Å². The van der Waals surface area contributed by atoms with Gasteiger partial charge < -0.3 is 9.57 Å². The number of ether oxygens (including phenoxy) is 1. The fraction of sp³-hybridized carbons (Fsp3) is 0.235. The van der Waals surface area contributed by atoms with Crippen molar-refractivity contribution < 1.29 is 14.4 Å². The van der Waals surface area contributed by atoms with Gasteiger partial charge in [-0.2, -0.15) is 0 Å². The number of oxime groups is 1. The molecule has 0 spiro atoms. The Morgan fingerprint density at radius 1 is 1.18 bits per heavy atom. The van der Waals surface area contributed by atoms with Gasteiger partial charge in [-0.1, -0.05) is 23.4 Å². The summed E-state index contributed by atoms with van der Waals surface area (Å²) >= 11 is 0. The van der Waals surface area contributed by atoms with E-state index in [0.717, 1.165) is 22.5 Å². The van der Waals surface area contributed by atoms with Gasteiger partial charge in [0.15, 0.2) is 0 Å². The molecule has 0 radical (unpaired) electrons. The van der Waals surface area contributed by atoms with Crippen LogP contribution in [0.2, 0.25) is 0 Å². The van der Waals surface area contributed by atoms with Crippen LogP contribution in [0.3, 0.4) is 0 Å². The molecule has 1 aromatic carbocycles. The SMILES string of the molecule is CO/N=C(/C)Cc1cccc(-c2ccccn2)c1OC(C)=O. The molecule has 0 saturated heterocycles. The molecule has 0 bridgehead atoms. The van der Waals surface area contributed by atoms with Crippen LogP contribution in [0.15, 0.2) is 47.8 Å². The molecule has 0 amide bonds. The number of nitrogens with zero attached hydrogens (tertiary/aromatic N) is 2. The van der Waals surface area contributed by atoms with Gasteiger partial charge in [-0.15, -0.1) is 0 Å². The van der Waals surface area contributed by atoms with E-state index in [9.17, 15) is 4.79 Å². The number of hydrogen-bond acceptors (Lipinski definition) is 5. The summed E-state index contributed by atoms with van der Waals surface area (Å²) in [6, 6.07) is 11.3. The fourth-order valence-electron chi connectivity index (χ4n) is 2.18. The first-order chi connectivity index (χ1) is 10.6. The maximum absolute atomic E-state index is 11.5. The van der Waals surface area contributed by atoms with E-state index in [1.807, 2.05) is 43.3 Å². The number of benzene rings is 1. The minimum Gasteiger partial charge on any atom is -0.426 e. The van der Waals surface area contributed by atoms with Crippen molar-refractivity contribution in [2.45, 2.75) is 20.3 Å². The zero-order valence-corrected chi connectivity index (χ0v) is 12.9. The van der Waals surface area contributed by atoms with E-state index in [-0.39, 0.29) is 5.97 Å². The monoisotopic (exact) mass is 298 g/mol. The van der Waals surface area contributed by atoms with Crippen LogP contribution in [0.25, 0.3) is 11.3 Å². The lowest BCUT2D eigenvalue weighted by molar-refractivity contribution is -0.131. The lowest BCUT2D eigenvalue weighted by Gasteiger charge is -2.13.